The monoisotopic (exact) mass is 578 g/mol. The first-order valence-electron chi connectivity index (χ1n) is 14.0. The van der Waals surface area contributed by atoms with Crippen LogP contribution in [0.2, 0.25) is 0 Å². The smallest absolute Gasteiger partial charge is 0.407 e. The molecule has 12 heteroatoms. The minimum Gasteiger partial charge on any atom is -0.478 e. The summed E-state index contributed by atoms with van der Waals surface area (Å²) in [5, 5.41) is 20.2. The maximum Gasteiger partial charge on any atom is 0.407 e. The molecule has 1 rings (SSSR count). The van der Waals surface area contributed by atoms with Gasteiger partial charge in [0.2, 0.25) is 11.8 Å². The fourth-order valence-electron chi connectivity index (χ4n) is 3.53. The summed E-state index contributed by atoms with van der Waals surface area (Å²) in [6.07, 6.45) is 3.40. The van der Waals surface area contributed by atoms with Crippen molar-refractivity contribution in [2.24, 2.45) is 0 Å². The van der Waals surface area contributed by atoms with E-state index in [4.69, 9.17) is 9.47 Å². The first-order chi connectivity index (χ1) is 19.0. The topological polar surface area (TPSA) is 172 Å². The Morgan fingerprint density at radius 3 is 1.37 bits per heavy atom. The molecule has 41 heavy (non-hydrogen) atoms. The maximum atomic E-state index is 12.4. The molecule has 4 amide bonds. The SMILES string of the molecule is CC(C)(C)OC(=O)NCCCCCC(=O)Nc1cc(NC(=O)CCCCCNC(=O)OC(C)(C)C)cc(C(=O)O)c1. The van der Waals surface area contributed by atoms with Crippen molar-refractivity contribution in [2.45, 2.75) is 104 Å². The molecule has 0 heterocycles. The summed E-state index contributed by atoms with van der Waals surface area (Å²) in [5.74, 6) is -1.76. The number of carboxylic acids is 1. The van der Waals surface area contributed by atoms with Crippen molar-refractivity contribution >= 4 is 41.3 Å². The Morgan fingerprint density at radius 1 is 0.634 bits per heavy atom. The molecule has 230 valence electrons. The molecule has 12 nitrogen and oxygen atoms in total. The molecule has 0 bridgehead atoms. The van der Waals surface area contributed by atoms with E-state index < -0.39 is 29.4 Å². The standard InChI is InChI=1S/C29H46N4O8/c1-28(2,3)40-26(38)30-15-11-7-9-13-23(34)32-21-17-20(25(36)37)18-22(19-21)33-24(35)14-10-8-12-16-31-27(39)41-29(4,5)6/h17-19H,7-16H2,1-6H3,(H,30,38)(H,31,39)(H,32,34)(H,33,35)(H,36,37). The number of carboxylic acid groups (broad SMARTS) is 1. The Hall–Kier alpha value is -3.83. The van der Waals surface area contributed by atoms with Gasteiger partial charge in [0.15, 0.2) is 0 Å². The van der Waals surface area contributed by atoms with Crippen LogP contribution in [0.25, 0.3) is 0 Å². The van der Waals surface area contributed by atoms with Crippen molar-refractivity contribution in [1.82, 2.24) is 10.6 Å². The number of amides is 4. The lowest BCUT2D eigenvalue weighted by Crippen LogP contribution is -2.33. The molecule has 0 saturated heterocycles. The largest absolute Gasteiger partial charge is 0.478 e. The van der Waals surface area contributed by atoms with Crippen LogP contribution in [0.15, 0.2) is 18.2 Å². The Morgan fingerprint density at radius 2 is 1.02 bits per heavy atom. The van der Waals surface area contributed by atoms with Crippen molar-refractivity contribution in [1.29, 1.82) is 0 Å². The number of carbonyl (C=O) groups excluding carboxylic acids is 4. The van der Waals surface area contributed by atoms with Crippen LogP contribution in [0.3, 0.4) is 0 Å². The molecule has 0 spiro atoms. The van der Waals surface area contributed by atoms with Gasteiger partial charge in [-0.25, -0.2) is 14.4 Å². The minimum atomic E-state index is -1.19. The van der Waals surface area contributed by atoms with E-state index >= 15 is 0 Å². The first-order valence-corrected chi connectivity index (χ1v) is 14.0. The van der Waals surface area contributed by atoms with Gasteiger partial charge in [-0.05, 0) is 85.4 Å². The predicted octanol–water partition coefficient (Wildman–Crippen LogP) is 5.43. The summed E-state index contributed by atoms with van der Waals surface area (Å²) in [7, 11) is 0. The van der Waals surface area contributed by atoms with Crippen molar-refractivity contribution in [3.05, 3.63) is 23.8 Å². The Labute approximate surface area is 242 Å². The number of benzene rings is 1. The zero-order chi connectivity index (χ0) is 31.1. The third kappa shape index (κ3) is 18.2. The third-order valence-electron chi connectivity index (χ3n) is 5.25. The summed E-state index contributed by atoms with van der Waals surface area (Å²) in [5.41, 5.74) is -0.659. The molecular formula is C29H46N4O8. The van der Waals surface area contributed by atoms with Crippen LogP contribution in [-0.2, 0) is 19.1 Å². The number of hydrogen-bond donors (Lipinski definition) is 5. The number of alkyl carbamates (subject to hydrolysis) is 2. The number of aromatic carboxylic acids is 1. The second kappa shape index (κ2) is 17.1. The van der Waals surface area contributed by atoms with E-state index in [-0.39, 0.29) is 41.6 Å². The molecule has 0 fully saturated rings. The van der Waals surface area contributed by atoms with E-state index in [2.05, 4.69) is 21.3 Å². The number of carbonyl (C=O) groups is 5. The second-order valence-electron chi connectivity index (χ2n) is 11.7. The molecule has 0 aliphatic carbocycles. The number of rotatable bonds is 15. The van der Waals surface area contributed by atoms with Crippen molar-refractivity contribution in [3.8, 4) is 0 Å². The van der Waals surface area contributed by atoms with Gasteiger partial charge in [-0.1, -0.05) is 12.8 Å². The molecule has 0 saturated carbocycles. The highest BCUT2D eigenvalue weighted by Crippen LogP contribution is 2.20. The van der Waals surface area contributed by atoms with Gasteiger partial charge in [0.25, 0.3) is 0 Å². The van der Waals surface area contributed by atoms with Crippen LogP contribution < -0.4 is 21.3 Å². The van der Waals surface area contributed by atoms with Crippen molar-refractivity contribution in [2.75, 3.05) is 23.7 Å². The lowest BCUT2D eigenvalue weighted by Gasteiger charge is -2.19. The number of nitrogens with one attached hydrogen (secondary N) is 4. The van der Waals surface area contributed by atoms with E-state index in [0.29, 0.717) is 51.6 Å². The molecule has 0 unspecified atom stereocenters. The van der Waals surface area contributed by atoms with Gasteiger partial charge in [0.1, 0.15) is 11.2 Å². The highest BCUT2D eigenvalue weighted by molar-refractivity contribution is 5.98. The molecule has 1 aromatic carbocycles. The molecular weight excluding hydrogens is 532 g/mol. The Balaban J connectivity index is 2.43. The molecule has 0 atom stereocenters. The number of hydrogen-bond acceptors (Lipinski definition) is 7. The zero-order valence-corrected chi connectivity index (χ0v) is 25.1. The van der Waals surface area contributed by atoms with E-state index in [0.717, 1.165) is 0 Å². The van der Waals surface area contributed by atoms with Gasteiger partial charge in [-0.15, -0.1) is 0 Å². The highest BCUT2D eigenvalue weighted by atomic mass is 16.6. The predicted molar refractivity (Wildman–Crippen MR) is 156 cm³/mol. The van der Waals surface area contributed by atoms with Gasteiger partial charge < -0.3 is 35.8 Å². The van der Waals surface area contributed by atoms with Crippen LogP contribution >= 0.6 is 0 Å². The van der Waals surface area contributed by atoms with E-state index in [1.807, 2.05) is 0 Å². The number of ether oxygens (including phenoxy) is 2. The van der Waals surface area contributed by atoms with Crippen LogP contribution in [0.5, 0.6) is 0 Å². The highest BCUT2D eigenvalue weighted by Gasteiger charge is 2.16. The van der Waals surface area contributed by atoms with Crippen molar-refractivity contribution < 1.29 is 38.6 Å². The van der Waals surface area contributed by atoms with E-state index in [1.165, 1.54) is 18.2 Å². The maximum absolute atomic E-state index is 12.4. The molecule has 5 N–H and O–H groups in total. The van der Waals surface area contributed by atoms with Crippen LogP contribution in [0.1, 0.15) is 103 Å². The Kier molecular flexibility index (Phi) is 14.7. The number of anilines is 2. The first kappa shape index (κ1) is 35.2. The molecule has 0 aromatic heterocycles. The average molecular weight is 579 g/mol. The molecule has 0 radical (unpaired) electrons. The zero-order valence-electron chi connectivity index (χ0n) is 25.1. The van der Waals surface area contributed by atoms with Gasteiger partial charge in [-0.2, -0.15) is 0 Å². The molecule has 0 aliphatic heterocycles. The summed E-state index contributed by atoms with van der Waals surface area (Å²) >= 11 is 0. The Bertz CT molecular complexity index is 972. The van der Waals surface area contributed by atoms with Gasteiger partial charge in [0.05, 0.1) is 5.56 Å². The fraction of sp³-hybridized carbons (Fsp3) is 0.621. The second-order valence-corrected chi connectivity index (χ2v) is 11.7. The summed E-state index contributed by atoms with van der Waals surface area (Å²) in [4.78, 5) is 59.6. The van der Waals surface area contributed by atoms with Gasteiger partial charge >= 0.3 is 18.2 Å². The summed E-state index contributed by atoms with van der Waals surface area (Å²) in [6, 6.07) is 4.17. The van der Waals surface area contributed by atoms with Crippen LogP contribution in [0, 0.1) is 0 Å². The summed E-state index contributed by atoms with van der Waals surface area (Å²) in [6.45, 7) is 11.6. The third-order valence-corrected chi connectivity index (χ3v) is 5.25. The molecule has 0 aliphatic rings. The summed E-state index contributed by atoms with van der Waals surface area (Å²) < 4.78 is 10.3. The number of unbranched alkanes of at least 4 members (excludes halogenated alkanes) is 4. The lowest BCUT2D eigenvalue weighted by atomic mass is 10.1. The van der Waals surface area contributed by atoms with Crippen LogP contribution in [0.4, 0.5) is 21.0 Å². The normalized spacial score (nSPS) is 11.3. The lowest BCUT2D eigenvalue weighted by molar-refractivity contribution is -0.117. The van der Waals surface area contributed by atoms with Gasteiger partial charge in [-0.3, -0.25) is 9.59 Å². The fourth-order valence-corrected chi connectivity index (χ4v) is 3.53. The quantitative estimate of drug-likeness (QED) is 0.171. The van der Waals surface area contributed by atoms with E-state index in [1.54, 1.807) is 41.5 Å². The minimum absolute atomic E-state index is 0.0699. The van der Waals surface area contributed by atoms with E-state index in [9.17, 15) is 29.1 Å². The van der Waals surface area contributed by atoms with Gasteiger partial charge in [0, 0.05) is 37.3 Å². The average Bonchev–Trinajstić information content (AvgIpc) is 2.81. The molecule has 1 aromatic rings. The van der Waals surface area contributed by atoms with Crippen LogP contribution in [-0.4, -0.2) is 59.4 Å². The van der Waals surface area contributed by atoms with Crippen molar-refractivity contribution in [3.63, 3.8) is 0 Å².